The molecule has 0 fully saturated rings. The van der Waals surface area contributed by atoms with Crippen LogP contribution in [0, 0.1) is 0 Å². The Morgan fingerprint density at radius 2 is 1.96 bits per heavy atom. The van der Waals surface area contributed by atoms with Crippen LogP contribution in [-0.4, -0.2) is 30.8 Å². The zero-order chi connectivity index (χ0) is 18.4. The van der Waals surface area contributed by atoms with E-state index in [1.807, 2.05) is 47.1 Å². The monoisotopic (exact) mass is 356 g/mol. The normalized spacial score (nSPS) is 13.0. The molecule has 6 nitrogen and oxygen atoms in total. The van der Waals surface area contributed by atoms with Crippen molar-refractivity contribution in [2.75, 3.05) is 0 Å². The third kappa shape index (κ3) is 2.49. The van der Waals surface area contributed by atoms with Crippen LogP contribution >= 0.6 is 0 Å². The van der Waals surface area contributed by atoms with Crippen molar-refractivity contribution in [1.82, 2.24) is 19.7 Å². The summed E-state index contributed by atoms with van der Waals surface area (Å²) in [5, 5.41) is 15.3. The van der Waals surface area contributed by atoms with Crippen LogP contribution < -0.4 is 0 Å². The zero-order valence-corrected chi connectivity index (χ0v) is 14.5. The average molecular weight is 356 g/mol. The number of para-hydroxylation sites is 1. The topological polar surface area (TPSA) is 80.9 Å². The number of benzene rings is 1. The van der Waals surface area contributed by atoms with Gasteiger partial charge in [0.15, 0.2) is 0 Å². The lowest BCUT2D eigenvalue weighted by Gasteiger charge is -2.10. The Hall–Kier alpha value is -3.54. The van der Waals surface area contributed by atoms with E-state index < -0.39 is 5.97 Å². The summed E-state index contributed by atoms with van der Waals surface area (Å²) >= 11 is 0. The van der Waals surface area contributed by atoms with Gasteiger partial charge in [-0.05, 0) is 42.7 Å². The van der Waals surface area contributed by atoms with Crippen LogP contribution in [0.3, 0.4) is 0 Å². The van der Waals surface area contributed by atoms with Crippen molar-refractivity contribution in [3.63, 3.8) is 0 Å². The highest BCUT2D eigenvalue weighted by Crippen LogP contribution is 2.40. The van der Waals surface area contributed by atoms with Gasteiger partial charge in [0.25, 0.3) is 0 Å². The second-order valence-corrected chi connectivity index (χ2v) is 6.59. The first kappa shape index (κ1) is 15.7. The van der Waals surface area contributed by atoms with E-state index in [0.717, 1.165) is 53.0 Å². The molecule has 0 unspecified atom stereocenters. The summed E-state index contributed by atoms with van der Waals surface area (Å²) in [5.74, 6) is -1.04. The fourth-order valence-electron chi connectivity index (χ4n) is 3.79. The van der Waals surface area contributed by atoms with E-state index in [4.69, 9.17) is 5.10 Å². The number of aromatic carboxylic acids is 1. The number of carboxylic acids is 1. The number of hydrogen-bond donors (Lipinski definition) is 1. The van der Waals surface area contributed by atoms with Gasteiger partial charge in [0.05, 0.1) is 11.2 Å². The molecule has 0 saturated heterocycles. The van der Waals surface area contributed by atoms with Crippen LogP contribution in [0.1, 0.15) is 22.6 Å². The molecule has 1 N–H and O–H groups in total. The van der Waals surface area contributed by atoms with E-state index in [0.29, 0.717) is 5.52 Å². The summed E-state index contributed by atoms with van der Waals surface area (Å²) in [6.45, 7) is 0.865. The molecule has 0 spiro atoms. The lowest BCUT2D eigenvalue weighted by atomic mass is 9.95. The van der Waals surface area contributed by atoms with Gasteiger partial charge >= 0.3 is 5.97 Å². The van der Waals surface area contributed by atoms with Gasteiger partial charge in [0.2, 0.25) is 0 Å². The Morgan fingerprint density at radius 1 is 1.11 bits per heavy atom. The molecule has 0 radical (unpaired) electrons. The van der Waals surface area contributed by atoms with Crippen LogP contribution in [0.5, 0.6) is 0 Å². The number of aromatic nitrogens is 4. The Morgan fingerprint density at radius 3 is 2.78 bits per heavy atom. The molecule has 0 atom stereocenters. The molecular formula is C21H16N4O2. The van der Waals surface area contributed by atoms with Gasteiger partial charge in [-0.3, -0.25) is 9.67 Å². The fourth-order valence-corrected chi connectivity index (χ4v) is 3.79. The molecule has 1 aliphatic rings. The minimum atomic E-state index is -1.04. The van der Waals surface area contributed by atoms with Crippen LogP contribution in [0.4, 0.5) is 0 Å². The second-order valence-electron chi connectivity index (χ2n) is 6.59. The molecule has 6 heteroatoms. The number of aryl methyl sites for hydroxylation is 1. The highest BCUT2D eigenvalue weighted by atomic mass is 16.4. The Bertz CT molecular complexity index is 1180. The Labute approximate surface area is 155 Å². The van der Waals surface area contributed by atoms with Gasteiger partial charge in [-0.25, -0.2) is 9.78 Å². The van der Waals surface area contributed by atoms with Crippen molar-refractivity contribution in [2.24, 2.45) is 0 Å². The first-order chi connectivity index (χ1) is 13.2. The highest BCUT2D eigenvalue weighted by Gasteiger charge is 2.26. The van der Waals surface area contributed by atoms with Crippen LogP contribution in [0.15, 0.2) is 54.7 Å². The summed E-state index contributed by atoms with van der Waals surface area (Å²) in [7, 11) is 0. The predicted octanol–water partition coefficient (Wildman–Crippen LogP) is 3.80. The minimum Gasteiger partial charge on any atom is -0.477 e. The van der Waals surface area contributed by atoms with Gasteiger partial charge < -0.3 is 5.11 Å². The van der Waals surface area contributed by atoms with E-state index >= 15 is 0 Å². The largest absolute Gasteiger partial charge is 0.477 e. The summed E-state index contributed by atoms with van der Waals surface area (Å²) in [6, 6.07) is 15.0. The first-order valence-corrected chi connectivity index (χ1v) is 8.87. The SMILES string of the molecule is O=C(O)c1cc(-c2c(-c3ccccn3)nn3c2CCC3)c2ccccc2n1. The summed E-state index contributed by atoms with van der Waals surface area (Å²) in [4.78, 5) is 20.4. The van der Waals surface area contributed by atoms with Gasteiger partial charge in [-0.15, -0.1) is 0 Å². The standard InChI is InChI=1S/C21H16N4O2/c26-21(27)17-12-14(13-6-1-2-7-15(13)23-17)19-18-9-5-11-25(18)24-20(19)16-8-3-4-10-22-16/h1-4,6-8,10,12H,5,9,11H2,(H,26,27). The van der Waals surface area contributed by atoms with Crippen molar-refractivity contribution in [3.05, 3.63) is 66.1 Å². The number of hydrogen-bond acceptors (Lipinski definition) is 4. The maximum Gasteiger partial charge on any atom is 0.354 e. The van der Waals surface area contributed by atoms with Crippen molar-refractivity contribution >= 4 is 16.9 Å². The second kappa shape index (κ2) is 6.02. The molecule has 3 aromatic heterocycles. The number of nitrogens with zero attached hydrogens (tertiary/aromatic N) is 4. The number of pyridine rings is 2. The molecular weight excluding hydrogens is 340 g/mol. The Kier molecular flexibility index (Phi) is 3.50. The molecule has 132 valence electrons. The van der Waals surface area contributed by atoms with E-state index in [-0.39, 0.29) is 5.69 Å². The molecule has 0 aliphatic carbocycles. The van der Waals surface area contributed by atoms with Crippen molar-refractivity contribution in [1.29, 1.82) is 0 Å². The van der Waals surface area contributed by atoms with Crippen LogP contribution in [-0.2, 0) is 13.0 Å². The molecule has 4 aromatic rings. The summed E-state index contributed by atoms with van der Waals surface area (Å²) in [6.07, 6.45) is 3.69. The highest BCUT2D eigenvalue weighted by molar-refractivity contribution is 6.02. The third-order valence-electron chi connectivity index (χ3n) is 4.95. The van der Waals surface area contributed by atoms with Crippen LogP contribution in [0.25, 0.3) is 33.4 Å². The van der Waals surface area contributed by atoms with Crippen molar-refractivity contribution in [3.8, 4) is 22.5 Å². The molecule has 27 heavy (non-hydrogen) atoms. The summed E-state index contributed by atoms with van der Waals surface area (Å²) in [5.41, 5.74) is 5.22. The van der Waals surface area contributed by atoms with E-state index in [2.05, 4.69) is 9.97 Å². The number of fused-ring (bicyclic) bond motifs is 2. The fraction of sp³-hybridized carbons (Fsp3) is 0.143. The third-order valence-corrected chi connectivity index (χ3v) is 4.95. The van der Waals surface area contributed by atoms with Crippen LogP contribution in [0.2, 0.25) is 0 Å². The molecule has 4 heterocycles. The number of carboxylic acid groups (broad SMARTS) is 1. The van der Waals surface area contributed by atoms with Crippen molar-refractivity contribution in [2.45, 2.75) is 19.4 Å². The lowest BCUT2D eigenvalue weighted by molar-refractivity contribution is 0.0691. The minimum absolute atomic E-state index is 0.0358. The van der Waals surface area contributed by atoms with Gasteiger partial charge in [-0.1, -0.05) is 24.3 Å². The Balaban J connectivity index is 1.87. The molecule has 0 saturated carbocycles. The first-order valence-electron chi connectivity index (χ1n) is 8.87. The quantitative estimate of drug-likeness (QED) is 0.604. The molecule has 5 rings (SSSR count). The summed E-state index contributed by atoms with van der Waals surface area (Å²) < 4.78 is 2.02. The maximum atomic E-state index is 11.7. The molecule has 1 aromatic carbocycles. The van der Waals surface area contributed by atoms with Crippen molar-refractivity contribution < 1.29 is 9.90 Å². The smallest absolute Gasteiger partial charge is 0.354 e. The number of carbonyl (C=O) groups is 1. The van der Waals surface area contributed by atoms with E-state index in [1.165, 1.54) is 0 Å². The van der Waals surface area contributed by atoms with Gasteiger partial charge in [0, 0.05) is 29.4 Å². The van der Waals surface area contributed by atoms with E-state index in [1.54, 1.807) is 12.3 Å². The van der Waals surface area contributed by atoms with E-state index in [9.17, 15) is 9.90 Å². The maximum absolute atomic E-state index is 11.7. The lowest BCUT2D eigenvalue weighted by Crippen LogP contribution is -2.02. The molecule has 1 aliphatic heterocycles. The molecule has 0 amide bonds. The van der Waals surface area contributed by atoms with Gasteiger partial charge in [-0.2, -0.15) is 5.10 Å². The zero-order valence-electron chi connectivity index (χ0n) is 14.5. The average Bonchev–Trinajstić information content (AvgIpc) is 3.29. The number of rotatable bonds is 3. The predicted molar refractivity (Wildman–Crippen MR) is 101 cm³/mol. The molecule has 0 bridgehead atoms. The van der Waals surface area contributed by atoms with Gasteiger partial charge in [0.1, 0.15) is 11.4 Å².